The highest BCUT2D eigenvalue weighted by Crippen LogP contribution is 2.41. The minimum Gasteiger partial charge on any atom is -0.507 e. The molecule has 1 heterocycles. The van der Waals surface area contributed by atoms with Gasteiger partial charge >= 0.3 is 0 Å². The van der Waals surface area contributed by atoms with Crippen LogP contribution in [0.1, 0.15) is 69.3 Å². The number of aliphatic hydroxyl groups excluding tert-OH is 1. The van der Waals surface area contributed by atoms with Gasteiger partial charge in [0.15, 0.2) is 0 Å². The fourth-order valence-corrected chi connectivity index (χ4v) is 4.17. The fourth-order valence-electron chi connectivity index (χ4n) is 4.17. The van der Waals surface area contributed by atoms with E-state index in [0.29, 0.717) is 18.6 Å². The molecule has 1 fully saturated rings. The van der Waals surface area contributed by atoms with E-state index in [-0.39, 0.29) is 35.0 Å². The molecule has 0 aromatic heterocycles. The van der Waals surface area contributed by atoms with Gasteiger partial charge in [-0.2, -0.15) is 0 Å². The van der Waals surface area contributed by atoms with E-state index in [1.165, 1.54) is 11.0 Å². The van der Waals surface area contributed by atoms with Crippen molar-refractivity contribution in [2.45, 2.75) is 65.5 Å². The molecule has 1 unspecified atom stereocenters. The topological polar surface area (TPSA) is 66.8 Å². The summed E-state index contributed by atoms with van der Waals surface area (Å²) in [5.41, 5.74) is 2.11. The zero-order chi connectivity index (χ0) is 25.2. The van der Waals surface area contributed by atoms with E-state index in [9.17, 15) is 19.1 Å². The molecule has 0 saturated carbocycles. The molecule has 3 rings (SSSR count). The van der Waals surface area contributed by atoms with Gasteiger partial charge < -0.3 is 14.7 Å². The van der Waals surface area contributed by atoms with Crippen molar-refractivity contribution in [3.05, 3.63) is 76.1 Å². The maximum Gasteiger partial charge on any atom is 0.295 e. The summed E-state index contributed by atoms with van der Waals surface area (Å²) in [5.74, 6) is -2.37. The third-order valence-corrected chi connectivity index (χ3v) is 6.09. The van der Waals surface area contributed by atoms with Crippen LogP contribution in [0.15, 0.2) is 48.0 Å². The van der Waals surface area contributed by atoms with E-state index >= 15 is 0 Å². The number of amides is 1. The summed E-state index contributed by atoms with van der Waals surface area (Å²) >= 11 is 0. The first-order valence-corrected chi connectivity index (χ1v) is 11.7. The van der Waals surface area contributed by atoms with Gasteiger partial charge in [0, 0.05) is 24.3 Å². The van der Waals surface area contributed by atoms with Gasteiger partial charge in [0.2, 0.25) is 0 Å². The van der Waals surface area contributed by atoms with Gasteiger partial charge in [-0.3, -0.25) is 9.59 Å². The first-order chi connectivity index (χ1) is 15.9. The number of hydrogen-bond acceptors (Lipinski definition) is 4. The van der Waals surface area contributed by atoms with Gasteiger partial charge in [0.05, 0.1) is 17.7 Å². The van der Waals surface area contributed by atoms with Gasteiger partial charge in [-0.15, -0.1) is 0 Å². The molecule has 2 aromatic rings. The minimum absolute atomic E-state index is 0.0378. The maximum atomic E-state index is 14.9. The van der Waals surface area contributed by atoms with Crippen molar-refractivity contribution in [2.24, 2.45) is 0 Å². The molecule has 1 aliphatic rings. The summed E-state index contributed by atoms with van der Waals surface area (Å²) in [7, 11) is 0. The van der Waals surface area contributed by atoms with Crippen LogP contribution in [0.5, 0.6) is 0 Å². The number of hydrogen-bond donors (Lipinski definition) is 1. The molecule has 0 bridgehead atoms. The average Bonchev–Trinajstić information content (AvgIpc) is 3.00. The van der Waals surface area contributed by atoms with Crippen molar-refractivity contribution in [2.75, 3.05) is 13.2 Å². The van der Waals surface area contributed by atoms with Gasteiger partial charge in [-0.05, 0) is 55.9 Å². The zero-order valence-corrected chi connectivity index (χ0v) is 20.8. The molecule has 6 heteroatoms. The molecule has 182 valence electrons. The largest absolute Gasteiger partial charge is 0.507 e. The molecular weight excluding hydrogens is 433 g/mol. The van der Waals surface area contributed by atoms with Gasteiger partial charge in [0.1, 0.15) is 11.6 Å². The number of carbonyl (C=O) groups is 2. The Morgan fingerprint density at radius 3 is 2.44 bits per heavy atom. The van der Waals surface area contributed by atoms with Crippen LogP contribution >= 0.6 is 0 Å². The smallest absolute Gasteiger partial charge is 0.295 e. The first kappa shape index (κ1) is 25.6. The Kier molecular flexibility index (Phi) is 7.61. The van der Waals surface area contributed by atoms with E-state index in [1.54, 1.807) is 18.2 Å². The van der Waals surface area contributed by atoms with Crippen molar-refractivity contribution >= 4 is 17.4 Å². The summed E-state index contributed by atoms with van der Waals surface area (Å²) in [4.78, 5) is 27.6. The monoisotopic (exact) mass is 467 g/mol. The summed E-state index contributed by atoms with van der Waals surface area (Å²) in [6, 6.07) is 10.7. The van der Waals surface area contributed by atoms with Crippen LogP contribution in [0, 0.1) is 12.7 Å². The summed E-state index contributed by atoms with van der Waals surface area (Å²) in [6.07, 6.45) is 0.519. The number of aliphatic hydroxyl groups is 1. The fraction of sp³-hybridized carbons (Fsp3) is 0.429. The third-order valence-electron chi connectivity index (χ3n) is 6.09. The number of halogens is 1. The van der Waals surface area contributed by atoms with Crippen molar-refractivity contribution in [3.8, 4) is 0 Å². The number of likely N-dealkylation sites (tertiary alicyclic amines) is 1. The number of benzene rings is 2. The summed E-state index contributed by atoms with van der Waals surface area (Å²) in [6.45, 7) is 12.4. The Morgan fingerprint density at radius 2 is 1.82 bits per heavy atom. The first-order valence-electron chi connectivity index (χ1n) is 11.7. The third kappa shape index (κ3) is 5.22. The van der Waals surface area contributed by atoms with E-state index in [2.05, 4.69) is 20.8 Å². The van der Waals surface area contributed by atoms with Crippen molar-refractivity contribution in [1.29, 1.82) is 0 Å². The number of ketones is 1. The van der Waals surface area contributed by atoms with E-state index in [0.717, 1.165) is 11.1 Å². The van der Waals surface area contributed by atoms with Crippen LogP contribution in [-0.4, -0.2) is 41.0 Å². The predicted octanol–water partition coefficient (Wildman–Crippen LogP) is 5.67. The minimum atomic E-state index is -1.02. The lowest BCUT2D eigenvalue weighted by atomic mass is 9.84. The molecule has 1 atom stereocenters. The van der Waals surface area contributed by atoms with Gasteiger partial charge in [0.25, 0.3) is 11.7 Å². The Morgan fingerprint density at radius 1 is 1.15 bits per heavy atom. The lowest BCUT2D eigenvalue weighted by molar-refractivity contribution is -0.140. The lowest BCUT2D eigenvalue weighted by Crippen LogP contribution is -2.31. The van der Waals surface area contributed by atoms with Crippen LogP contribution in [-0.2, 0) is 19.7 Å². The molecule has 0 radical (unpaired) electrons. The zero-order valence-electron chi connectivity index (χ0n) is 20.8. The second kappa shape index (κ2) is 10.1. The van der Waals surface area contributed by atoms with Crippen LogP contribution < -0.4 is 0 Å². The van der Waals surface area contributed by atoms with Gasteiger partial charge in [-0.25, -0.2) is 4.39 Å². The highest BCUT2D eigenvalue weighted by Gasteiger charge is 2.46. The quantitative estimate of drug-likeness (QED) is 0.247. The van der Waals surface area contributed by atoms with E-state index in [4.69, 9.17) is 4.74 Å². The molecule has 1 aliphatic heterocycles. The Bertz CT molecular complexity index is 1110. The maximum absolute atomic E-state index is 14.9. The highest BCUT2D eigenvalue weighted by molar-refractivity contribution is 6.46. The number of rotatable bonds is 7. The van der Waals surface area contributed by atoms with Crippen molar-refractivity contribution < 1.29 is 23.8 Å². The SMILES string of the molecule is Cc1ccc(C(C)(C)C)cc1/C(O)=C1\C(=O)C(=O)N(CCCOC(C)C)C1c1ccccc1F. The van der Waals surface area contributed by atoms with Crippen molar-refractivity contribution in [1.82, 2.24) is 4.90 Å². The summed E-state index contributed by atoms with van der Waals surface area (Å²) < 4.78 is 20.5. The molecule has 1 N–H and O–H groups in total. The number of carbonyl (C=O) groups excluding carboxylic acids is 2. The number of ether oxygens (including phenoxy) is 1. The molecular formula is C28H34FNO4. The lowest BCUT2D eigenvalue weighted by Gasteiger charge is -2.26. The van der Waals surface area contributed by atoms with Crippen molar-refractivity contribution in [3.63, 3.8) is 0 Å². The molecule has 0 spiro atoms. The second-order valence-electron chi connectivity index (χ2n) is 10.1. The Balaban J connectivity index is 2.14. The van der Waals surface area contributed by atoms with Gasteiger partial charge in [-0.1, -0.05) is 51.1 Å². The predicted molar refractivity (Wildman–Crippen MR) is 131 cm³/mol. The Hall–Kier alpha value is -2.99. The number of nitrogens with zero attached hydrogens (tertiary/aromatic N) is 1. The molecule has 1 amide bonds. The summed E-state index contributed by atoms with van der Waals surface area (Å²) in [5, 5.41) is 11.4. The second-order valence-corrected chi connectivity index (χ2v) is 10.1. The molecule has 34 heavy (non-hydrogen) atoms. The van der Waals surface area contributed by atoms with Crippen LogP contribution in [0.25, 0.3) is 5.76 Å². The molecule has 2 aromatic carbocycles. The standard InChI is InChI=1S/C28H34FNO4/c1-17(2)34-15-9-14-30-24(20-10-7-8-11-22(20)29)23(26(32)27(30)33)25(31)21-16-19(28(4,5)6)13-12-18(21)3/h7-8,10-13,16-17,24,31H,9,14-15H2,1-6H3/b25-23+. The molecule has 1 saturated heterocycles. The van der Waals surface area contributed by atoms with E-state index < -0.39 is 23.5 Å². The van der Waals surface area contributed by atoms with Crippen LogP contribution in [0.3, 0.4) is 0 Å². The normalized spacial score (nSPS) is 18.2. The molecule has 0 aliphatic carbocycles. The van der Waals surface area contributed by atoms with Crippen LogP contribution in [0.4, 0.5) is 4.39 Å². The Labute approximate surface area is 201 Å². The highest BCUT2D eigenvalue weighted by atomic mass is 19.1. The number of aryl methyl sites for hydroxylation is 1. The number of Topliss-reactive ketones (excluding diaryl/α,β-unsaturated/α-hetero) is 1. The molecule has 5 nitrogen and oxygen atoms in total. The average molecular weight is 468 g/mol. The van der Waals surface area contributed by atoms with Crippen LogP contribution in [0.2, 0.25) is 0 Å². The van der Waals surface area contributed by atoms with E-state index in [1.807, 2.05) is 39.0 Å².